The van der Waals surface area contributed by atoms with Crippen molar-refractivity contribution in [1.82, 2.24) is 0 Å². The fraction of sp³-hybridized carbons (Fsp3) is 0.200. The number of phenolic OH excluding ortho intramolecular Hbond substituents is 1. The van der Waals surface area contributed by atoms with Gasteiger partial charge in [0, 0.05) is 10.6 Å². The number of phenols is 1. The minimum Gasteiger partial charge on any atom is -0.507 e. The molecule has 0 saturated carbocycles. The summed E-state index contributed by atoms with van der Waals surface area (Å²) in [6, 6.07) is 12.6. The maximum atomic E-state index is 9.81. The molecule has 18 heavy (non-hydrogen) atoms. The van der Waals surface area contributed by atoms with Gasteiger partial charge in [-0.2, -0.15) is 0 Å². The van der Waals surface area contributed by atoms with Crippen LogP contribution in [0.3, 0.4) is 0 Å². The van der Waals surface area contributed by atoms with Gasteiger partial charge in [-0.05, 0) is 42.3 Å². The first kappa shape index (κ1) is 12.8. The third-order valence-electron chi connectivity index (χ3n) is 2.60. The topological polar surface area (TPSA) is 29.5 Å². The van der Waals surface area contributed by atoms with Crippen molar-refractivity contribution in [3.8, 4) is 22.6 Å². The Hall–Kier alpha value is -1.67. The van der Waals surface area contributed by atoms with Crippen molar-refractivity contribution < 1.29 is 9.84 Å². The summed E-state index contributed by atoms with van der Waals surface area (Å²) in [5.41, 5.74) is 1.64. The Bertz CT molecular complexity index is 521. The van der Waals surface area contributed by atoms with E-state index in [9.17, 15) is 5.11 Å². The molecular formula is C15H15ClO2. The summed E-state index contributed by atoms with van der Waals surface area (Å²) in [7, 11) is 0. The van der Waals surface area contributed by atoms with Gasteiger partial charge in [0.05, 0.1) is 6.61 Å². The van der Waals surface area contributed by atoms with Crippen LogP contribution < -0.4 is 4.74 Å². The fourth-order valence-corrected chi connectivity index (χ4v) is 1.86. The molecule has 0 amide bonds. The molecule has 0 unspecified atom stereocenters. The van der Waals surface area contributed by atoms with Crippen LogP contribution in [0, 0.1) is 0 Å². The van der Waals surface area contributed by atoms with Crippen molar-refractivity contribution in [3.63, 3.8) is 0 Å². The summed E-state index contributed by atoms with van der Waals surface area (Å²) in [5, 5.41) is 10.4. The highest BCUT2D eigenvalue weighted by molar-refractivity contribution is 6.31. The normalized spacial score (nSPS) is 10.3. The van der Waals surface area contributed by atoms with E-state index in [1.807, 2.05) is 24.3 Å². The van der Waals surface area contributed by atoms with Crippen LogP contribution in [0.1, 0.15) is 13.3 Å². The molecule has 3 heteroatoms. The number of hydrogen-bond donors (Lipinski definition) is 1. The Morgan fingerprint density at radius 3 is 2.50 bits per heavy atom. The average molecular weight is 263 g/mol. The lowest BCUT2D eigenvalue weighted by Gasteiger charge is -2.08. The molecule has 0 aliphatic heterocycles. The van der Waals surface area contributed by atoms with Crippen molar-refractivity contribution in [3.05, 3.63) is 47.5 Å². The lowest BCUT2D eigenvalue weighted by atomic mass is 10.0. The number of hydrogen-bond acceptors (Lipinski definition) is 2. The van der Waals surface area contributed by atoms with Crippen LogP contribution in [0.5, 0.6) is 11.5 Å². The molecule has 94 valence electrons. The standard InChI is InChI=1S/C15H15ClO2/c1-2-9-18-13-6-3-11(4-7-13)14-10-12(16)5-8-15(14)17/h3-8,10,17H,2,9H2,1H3. The van der Waals surface area contributed by atoms with Gasteiger partial charge in [-0.1, -0.05) is 30.7 Å². The molecule has 2 aromatic carbocycles. The summed E-state index contributed by atoms with van der Waals surface area (Å²) in [6.45, 7) is 2.78. The molecule has 0 atom stereocenters. The molecule has 0 bridgehead atoms. The molecule has 0 heterocycles. The Balaban J connectivity index is 2.25. The van der Waals surface area contributed by atoms with E-state index in [2.05, 4.69) is 6.92 Å². The number of ether oxygens (including phenoxy) is 1. The Labute approximate surface area is 112 Å². The number of benzene rings is 2. The summed E-state index contributed by atoms with van der Waals surface area (Å²) < 4.78 is 5.51. The van der Waals surface area contributed by atoms with Crippen LogP contribution in [0.15, 0.2) is 42.5 Å². The van der Waals surface area contributed by atoms with Gasteiger partial charge < -0.3 is 9.84 Å². The number of rotatable bonds is 4. The van der Waals surface area contributed by atoms with Crippen LogP contribution in [-0.2, 0) is 0 Å². The molecule has 0 spiro atoms. The Morgan fingerprint density at radius 2 is 1.83 bits per heavy atom. The van der Waals surface area contributed by atoms with E-state index in [0.717, 1.165) is 23.3 Å². The van der Waals surface area contributed by atoms with E-state index in [1.165, 1.54) is 0 Å². The van der Waals surface area contributed by atoms with Crippen molar-refractivity contribution in [2.75, 3.05) is 6.61 Å². The van der Waals surface area contributed by atoms with Gasteiger partial charge in [0.2, 0.25) is 0 Å². The van der Waals surface area contributed by atoms with Gasteiger partial charge in [-0.15, -0.1) is 0 Å². The second-order valence-corrected chi connectivity index (χ2v) is 4.47. The molecular weight excluding hydrogens is 248 g/mol. The molecule has 0 aromatic heterocycles. The predicted octanol–water partition coefficient (Wildman–Crippen LogP) is 4.50. The molecule has 0 saturated heterocycles. The highest BCUT2D eigenvalue weighted by Gasteiger charge is 2.05. The number of halogens is 1. The van der Waals surface area contributed by atoms with Gasteiger partial charge >= 0.3 is 0 Å². The lowest BCUT2D eigenvalue weighted by Crippen LogP contribution is -1.94. The van der Waals surface area contributed by atoms with Crippen molar-refractivity contribution in [2.24, 2.45) is 0 Å². The molecule has 2 aromatic rings. The molecule has 0 aliphatic carbocycles. The molecule has 0 fully saturated rings. The fourth-order valence-electron chi connectivity index (χ4n) is 1.69. The zero-order valence-corrected chi connectivity index (χ0v) is 10.9. The van der Waals surface area contributed by atoms with Gasteiger partial charge in [0.15, 0.2) is 0 Å². The van der Waals surface area contributed by atoms with Crippen molar-refractivity contribution >= 4 is 11.6 Å². The maximum Gasteiger partial charge on any atom is 0.123 e. The van der Waals surface area contributed by atoms with Gasteiger partial charge in [-0.25, -0.2) is 0 Å². The van der Waals surface area contributed by atoms with E-state index in [0.29, 0.717) is 11.6 Å². The summed E-state index contributed by atoms with van der Waals surface area (Å²) in [5.74, 6) is 1.06. The van der Waals surface area contributed by atoms with E-state index in [-0.39, 0.29) is 5.75 Å². The van der Waals surface area contributed by atoms with E-state index < -0.39 is 0 Å². The van der Waals surface area contributed by atoms with Crippen molar-refractivity contribution in [2.45, 2.75) is 13.3 Å². The maximum absolute atomic E-state index is 9.81. The highest BCUT2D eigenvalue weighted by atomic mass is 35.5. The third kappa shape index (κ3) is 2.96. The minimum atomic E-state index is 0.224. The summed E-state index contributed by atoms with van der Waals surface area (Å²) >= 11 is 5.93. The van der Waals surface area contributed by atoms with Crippen LogP contribution in [-0.4, -0.2) is 11.7 Å². The minimum absolute atomic E-state index is 0.224. The van der Waals surface area contributed by atoms with Crippen LogP contribution >= 0.6 is 11.6 Å². The van der Waals surface area contributed by atoms with Crippen molar-refractivity contribution in [1.29, 1.82) is 0 Å². The Kier molecular flexibility index (Phi) is 4.11. The molecule has 1 N–H and O–H groups in total. The molecule has 2 nitrogen and oxygen atoms in total. The first-order valence-corrected chi connectivity index (χ1v) is 6.30. The molecule has 0 aliphatic rings. The van der Waals surface area contributed by atoms with Crippen LogP contribution in [0.25, 0.3) is 11.1 Å². The smallest absolute Gasteiger partial charge is 0.123 e. The van der Waals surface area contributed by atoms with E-state index >= 15 is 0 Å². The zero-order chi connectivity index (χ0) is 13.0. The Morgan fingerprint density at radius 1 is 1.11 bits per heavy atom. The van der Waals surface area contributed by atoms with Gasteiger partial charge in [-0.3, -0.25) is 0 Å². The third-order valence-corrected chi connectivity index (χ3v) is 2.83. The second-order valence-electron chi connectivity index (χ2n) is 4.03. The molecule has 0 radical (unpaired) electrons. The van der Waals surface area contributed by atoms with Gasteiger partial charge in [0.25, 0.3) is 0 Å². The lowest BCUT2D eigenvalue weighted by molar-refractivity contribution is 0.317. The summed E-state index contributed by atoms with van der Waals surface area (Å²) in [4.78, 5) is 0. The highest BCUT2D eigenvalue weighted by Crippen LogP contribution is 2.32. The predicted molar refractivity (Wildman–Crippen MR) is 74.3 cm³/mol. The van der Waals surface area contributed by atoms with Crippen LogP contribution in [0.4, 0.5) is 0 Å². The zero-order valence-electron chi connectivity index (χ0n) is 10.2. The SMILES string of the molecule is CCCOc1ccc(-c2cc(Cl)ccc2O)cc1. The largest absolute Gasteiger partial charge is 0.507 e. The number of aromatic hydroxyl groups is 1. The first-order chi connectivity index (χ1) is 8.70. The first-order valence-electron chi connectivity index (χ1n) is 5.92. The van der Waals surface area contributed by atoms with E-state index in [4.69, 9.17) is 16.3 Å². The monoisotopic (exact) mass is 262 g/mol. The van der Waals surface area contributed by atoms with Crippen LogP contribution in [0.2, 0.25) is 5.02 Å². The molecule has 2 rings (SSSR count). The quantitative estimate of drug-likeness (QED) is 0.879. The van der Waals surface area contributed by atoms with E-state index in [1.54, 1.807) is 18.2 Å². The second kappa shape index (κ2) is 5.78. The van der Waals surface area contributed by atoms with Gasteiger partial charge in [0.1, 0.15) is 11.5 Å². The summed E-state index contributed by atoms with van der Waals surface area (Å²) in [6.07, 6.45) is 0.983. The average Bonchev–Trinajstić information content (AvgIpc) is 2.40.